The largest absolute Gasteiger partial charge is 0.444 e. The van der Waals surface area contributed by atoms with Crippen LogP contribution in [0.3, 0.4) is 0 Å². The van der Waals surface area contributed by atoms with Crippen LogP contribution in [0.25, 0.3) is 22.0 Å². The molecule has 1 atom stereocenters. The van der Waals surface area contributed by atoms with Gasteiger partial charge in [0.05, 0.1) is 11.4 Å². The molecule has 1 saturated heterocycles. The van der Waals surface area contributed by atoms with Crippen LogP contribution in [-0.4, -0.2) is 45.4 Å². The number of carbonyl (C=O) groups excluding carboxylic acids is 2. The fraction of sp³-hybridized carbons (Fsp3) is 0.233. The Kier molecular flexibility index (Phi) is 8.98. The third-order valence-electron chi connectivity index (χ3n) is 9.36. The van der Waals surface area contributed by atoms with Crippen LogP contribution in [0.4, 0.5) is 10.6 Å². The van der Waals surface area contributed by atoms with Crippen LogP contribution in [0, 0.1) is 5.92 Å². The molecule has 1 fully saturated rings. The highest BCUT2D eigenvalue weighted by Gasteiger charge is 2.41. The highest BCUT2D eigenvalue weighted by atomic mass is 16.6. The lowest BCUT2D eigenvalue weighted by atomic mass is 9.77. The molecule has 1 N–H and O–H groups in total. The first-order chi connectivity index (χ1) is 24.2. The van der Waals surface area contributed by atoms with E-state index in [0.29, 0.717) is 25.2 Å². The molecule has 252 valence electrons. The molecule has 0 saturated carbocycles. The summed E-state index contributed by atoms with van der Waals surface area (Å²) in [7, 11) is 0. The van der Waals surface area contributed by atoms with Gasteiger partial charge in [0.2, 0.25) is 5.91 Å². The second kappa shape index (κ2) is 13.7. The minimum Gasteiger partial charge on any atom is -0.444 e. The van der Waals surface area contributed by atoms with Crippen LogP contribution >= 0.6 is 0 Å². The number of nitrogens with one attached hydrogen (secondary N) is 1. The summed E-state index contributed by atoms with van der Waals surface area (Å²) in [4.78, 5) is 28.8. The molecule has 7 nitrogen and oxygen atoms in total. The zero-order valence-electron chi connectivity index (χ0n) is 28.8. The lowest BCUT2D eigenvalue weighted by molar-refractivity contribution is -0.121. The molecule has 6 aromatic rings. The molecule has 1 aromatic heterocycles. The third kappa shape index (κ3) is 6.39. The Hall–Kier alpha value is -5.69. The summed E-state index contributed by atoms with van der Waals surface area (Å²) in [5.41, 5.74) is 4.57. The van der Waals surface area contributed by atoms with Gasteiger partial charge in [0, 0.05) is 18.5 Å². The summed E-state index contributed by atoms with van der Waals surface area (Å²) >= 11 is 0. The van der Waals surface area contributed by atoms with Crippen molar-refractivity contribution in [3.63, 3.8) is 0 Å². The highest BCUT2D eigenvalue weighted by molar-refractivity contribution is 6.02. The Morgan fingerprint density at radius 3 is 1.80 bits per heavy atom. The number of likely N-dealkylation sites (tertiary alicyclic amines) is 1. The van der Waals surface area contributed by atoms with Gasteiger partial charge in [0.15, 0.2) is 5.82 Å². The van der Waals surface area contributed by atoms with Crippen LogP contribution < -0.4 is 5.32 Å². The number of carbonyl (C=O) groups is 2. The van der Waals surface area contributed by atoms with E-state index in [-0.39, 0.29) is 12.5 Å². The van der Waals surface area contributed by atoms with E-state index in [2.05, 4.69) is 113 Å². The number of aromatic nitrogens is 2. The van der Waals surface area contributed by atoms with Crippen LogP contribution in [0.5, 0.6) is 0 Å². The maximum absolute atomic E-state index is 14.1. The summed E-state index contributed by atoms with van der Waals surface area (Å²) in [5, 5.41) is 9.41. The van der Waals surface area contributed by atoms with Crippen LogP contribution in [-0.2, 0) is 15.1 Å². The fourth-order valence-corrected chi connectivity index (χ4v) is 7.08. The van der Waals surface area contributed by atoms with E-state index in [4.69, 9.17) is 9.84 Å². The molecular formula is C43H42N4O3. The molecule has 1 aliphatic heterocycles. The van der Waals surface area contributed by atoms with Crippen molar-refractivity contribution < 1.29 is 14.3 Å². The highest BCUT2D eigenvalue weighted by Crippen LogP contribution is 2.44. The monoisotopic (exact) mass is 662 g/mol. The van der Waals surface area contributed by atoms with Crippen molar-refractivity contribution in [1.82, 2.24) is 14.7 Å². The van der Waals surface area contributed by atoms with Gasteiger partial charge in [-0.05, 0) is 73.6 Å². The summed E-state index contributed by atoms with van der Waals surface area (Å²) in [5.74, 6) is -0.0973. The Balaban J connectivity index is 1.40. The van der Waals surface area contributed by atoms with Crippen molar-refractivity contribution in [3.05, 3.63) is 156 Å². The predicted molar refractivity (Wildman–Crippen MR) is 199 cm³/mol. The van der Waals surface area contributed by atoms with Gasteiger partial charge in [-0.15, -0.1) is 0 Å². The second-order valence-electron chi connectivity index (χ2n) is 13.9. The first-order valence-corrected chi connectivity index (χ1v) is 17.3. The fourth-order valence-electron chi connectivity index (χ4n) is 7.08. The van der Waals surface area contributed by atoms with E-state index >= 15 is 0 Å². The smallest absolute Gasteiger partial charge is 0.410 e. The number of hydrogen-bond donors (Lipinski definition) is 1. The first-order valence-electron chi connectivity index (χ1n) is 17.3. The Bertz CT molecular complexity index is 1990. The summed E-state index contributed by atoms with van der Waals surface area (Å²) in [6, 6.07) is 47.8. The predicted octanol–water partition coefficient (Wildman–Crippen LogP) is 9.13. The SMILES string of the molecule is CC(C)(C)OC(=O)N1CCC[C@@H](C(=O)Nc2nn(C(c3ccccc3)(c3ccccc3)c3ccccc3)c3ccc(-c4ccccc4)cc23)C1. The number of rotatable bonds is 7. The van der Waals surface area contributed by atoms with Crippen LogP contribution in [0.15, 0.2) is 140 Å². The lowest BCUT2D eigenvalue weighted by Gasteiger charge is -2.37. The van der Waals surface area contributed by atoms with Crippen molar-refractivity contribution in [2.24, 2.45) is 5.92 Å². The molecule has 50 heavy (non-hydrogen) atoms. The van der Waals surface area contributed by atoms with Crippen molar-refractivity contribution in [2.45, 2.75) is 44.8 Å². The average Bonchev–Trinajstić information content (AvgIpc) is 3.50. The molecule has 0 unspecified atom stereocenters. The van der Waals surface area contributed by atoms with E-state index in [9.17, 15) is 9.59 Å². The Morgan fingerprint density at radius 1 is 0.720 bits per heavy atom. The molecule has 1 aliphatic rings. The topological polar surface area (TPSA) is 76.5 Å². The number of piperidine rings is 1. The molecule has 7 rings (SSSR count). The van der Waals surface area contributed by atoms with Gasteiger partial charge in [0.1, 0.15) is 11.1 Å². The summed E-state index contributed by atoms with van der Waals surface area (Å²) in [6.45, 7) is 6.40. The van der Waals surface area contributed by atoms with Crippen molar-refractivity contribution in [3.8, 4) is 11.1 Å². The van der Waals surface area contributed by atoms with Gasteiger partial charge in [0.25, 0.3) is 0 Å². The molecular weight excluding hydrogens is 620 g/mol. The number of hydrogen-bond acceptors (Lipinski definition) is 4. The van der Waals surface area contributed by atoms with E-state index in [0.717, 1.165) is 38.7 Å². The molecule has 0 bridgehead atoms. The zero-order valence-corrected chi connectivity index (χ0v) is 28.8. The number of nitrogens with zero attached hydrogens (tertiary/aromatic N) is 3. The molecule has 2 amide bonds. The number of anilines is 1. The van der Waals surface area contributed by atoms with Gasteiger partial charge >= 0.3 is 6.09 Å². The summed E-state index contributed by atoms with van der Waals surface area (Å²) in [6.07, 6.45) is 0.987. The number of benzene rings is 5. The molecule has 2 heterocycles. The Morgan fingerprint density at radius 2 is 1.26 bits per heavy atom. The van der Waals surface area contributed by atoms with Crippen molar-refractivity contribution >= 4 is 28.7 Å². The van der Waals surface area contributed by atoms with E-state index < -0.39 is 23.2 Å². The maximum atomic E-state index is 14.1. The number of amides is 2. The lowest BCUT2D eigenvalue weighted by Crippen LogP contribution is -2.45. The van der Waals surface area contributed by atoms with Gasteiger partial charge in [-0.3, -0.25) is 4.79 Å². The maximum Gasteiger partial charge on any atom is 0.410 e. The van der Waals surface area contributed by atoms with E-state index in [1.165, 1.54) is 0 Å². The number of ether oxygens (including phenoxy) is 1. The molecule has 0 radical (unpaired) electrons. The quantitative estimate of drug-likeness (QED) is 0.173. The zero-order chi connectivity index (χ0) is 34.7. The Labute approximate surface area is 293 Å². The first kappa shape index (κ1) is 32.8. The molecule has 0 aliphatic carbocycles. The number of fused-ring (bicyclic) bond motifs is 1. The third-order valence-corrected chi connectivity index (χ3v) is 9.36. The van der Waals surface area contributed by atoms with Gasteiger partial charge in [-0.1, -0.05) is 127 Å². The summed E-state index contributed by atoms with van der Waals surface area (Å²) < 4.78 is 7.71. The van der Waals surface area contributed by atoms with Crippen molar-refractivity contribution in [2.75, 3.05) is 18.4 Å². The van der Waals surface area contributed by atoms with Gasteiger partial charge in [-0.25, -0.2) is 9.48 Å². The molecule has 0 spiro atoms. The van der Waals surface area contributed by atoms with E-state index in [1.54, 1.807) is 4.90 Å². The van der Waals surface area contributed by atoms with Crippen molar-refractivity contribution in [1.29, 1.82) is 0 Å². The average molecular weight is 663 g/mol. The van der Waals surface area contributed by atoms with Crippen LogP contribution in [0.1, 0.15) is 50.3 Å². The molecule has 7 heteroatoms. The normalized spacial score (nSPS) is 15.1. The van der Waals surface area contributed by atoms with E-state index in [1.807, 2.05) is 57.2 Å². The van der Waals surface area contributed by atoms with Crippen LogP contribution in [0.2, 0.25) is 0 Å². The van der Waals surface area contributed by atoms with Gasteiger partial charge in [-0.2, -0.15) is 5.10 Å². The minimum atomic E-state index is -0.877. The van der Waals surface area contributed by atoms with Gasteiger partial charge < -0.3 is 15.0 Å². The standard InChI is InChI=1S/C43H42N4O3/c1-42(2,3)50-41(49)46-28-16-19-33(30-46)40(48)44-39-37-29-32(31-17-8-4-9-18-31)26-27-38(37)47(45-39)43(34-20-10-5-11-21-34,35-22-12-6-13-23-35)36-24-14-7-15-25-36/h4-15,17-18,20-27,29,33H,16,19,28,30H2,1-3H3,(H,44,45,48)/t33-/m1/s1. The minimum absolute atomic E-state index is 0.167. The molecule has 5 aromatic carbocycles. The second-order valence-corrected chi connectivity index (χ2v) is 13.9.